The molecule has 1 radical (unpaired) electrons. The van der Waals surface area contributed by atoms with Gasteiger partial charge in [0.1, 0.15) is 6.33 Å². The van der Waals surface area contributed by atoms with Crippen molar-refractivity contribution in [1.29, 1.82) is 0 Å². The van der Waals surface area contributed by atoms with E-state index in [2.05, 4.69) is 102 Å². The van der Waals surface area contributed by atoms with Gasteiger partial charge in [-0.15, -0.1) is 40.1 Å². The number of benzene rings is 3. The monoisotopic (exact) mass is 926 g/mol. The Morgan fingerprint density at radius 1 is 0.906 bits per heavy atom. The summed E-state index contributed by atoms with van der Waals surface area (Å²) in [7, 11) is -1.57. The van der Waals surface area contributed by atoms with E-state index in [0.717, 1.165) is 42.5 Å². The Morgan fingerprint density at radius 2 is 1.53 bits per heavy atom. The van der Waals surface area contributed by atoms with E-state index in [0.29, 0.717) is 16.7 Å². The van der Waals surface area contributed by atoms with Crippen LogP contribution in [-0.2, 0) is 24.9 Å². The maximum atomic E-state index is 11.7. The molecule has 1 N–H and O–H groups in total. The number of thiophene rings is 1. The van der Waals surface area contributed by atoms with Crippen LogP contribution in [0.1, 0.15) is 112 Å². The number of carbonyl (C=O) groups is 1. The van der Waals surface area contributed by atoms with E-state index in [1.807, 2.05) is 39.0 Å². The SMILES string of the molecule is CC1(C)CC(c2ccc3c(c2)sc2c(-c4[c-]c5ccccc5c([Si](C)(C)C)c4)ncnc23)CC(C)(C)C1.CCC(CC)C(=O)/C=C(\O)C(CC)CC.[Ir]. The predicted molar refractivity (Wildman–Crippen MR) is 228 cm³/mol. The summed E-state index contributed by atoms with van der Waals surface area (Å²) >= 11 is 1.85. The van der Waals surface area contributed by atoms with Crippen LogP contribution in [0.25, 0.3) is 42.3 Å². The number of aliphatic hydroxyl groups is 1. The molecule has 7 heteroatoms. The molecule has 3 aromatic carbocycles. The van der Waals surface area contributed by atoms with Crippen LogP contribution < -0.4 is 5.19 Å². The van der Waals surface area contributed by atoms with Crippen LogP contribution >= 0.6 is 11.3 Å². The Bertz CT molecular complexity index is 2050. The second-order valence-corrected chi connectivity index (χ2v) is 23.8. The molecule has 0 bridgehead atoms. The summed E-state index contributed by atoms with van der Waals surface area (Å²) in [4.78, 5) is 21.3. The smallest absolute Gasteiger partial charge is 0.162 e. The van der Waals surface area contributed by atoms with Crippen molar-refractivity contribution >= 4 is 61.5 Å². The summed E-state index contributed by atoms with van der Waals surface area (Å²) in [5.74, 6) is 1.15. The molecule has 0 aliphatic heterocycles. The molecule has 1 aliphatic carbocycles. The van der Waals surface area contributed by atoms with Crippen LogP contribution in [0.15, 0.2) is 66.7 Å². The quantitative estimate of drug-likeness (QED) is 0.0656. The number of fused-ring (bicyclic) bond motifs is 4. The largest absolute Gasteiger partial charge is 0.512 e. The van der Waals surface area contributed by atoms with E-state index in [4.69, 9.17) is 9.97 Å². The number of nitrogens with zero attached hydrogens (tertiary/aromatic N) is 2. The van der Waals surface area contributed by atoms with Gasteiger partial charge in [0.15, 0.2) is 5.78 Å². The third-order valence-electron chi connectivity index (χ3n) is 11.2. The number of ketones is 1. The maximum Gasteiger partial charge on any atom is 0.162 e. The van der Waals surface area contributed by atoms with E-state index < -0.39 is 8.07 Å². The maximum absolute atomic E-state index is 11.7. The van der Waals surface area contributed by atoms with Gasteiger partial charge in [-0.1, -0.05) is 116 Å². The van der Waals surface area contributed by atoms with Gasteiger partial charge in [0.2, 0.25) is 0 Å². The molecule has 1 saturated carbocycles. The Labute approximate surface area is 337 Å². The first-order chi connectivity index (χ1) is 24.5. The molecule has 0 saturated heterocycles. The summed E-state index contributed by atoms with van der Waals surface area (Å²) in [5.41, 5.74) is 5.40. The van der Waals surface area contributed by atoms with Gasteiger partial charge in [-0.3, -0.25) is 9.78 Å². The Morgan fingerprint density at radius 3 is 2.13 bits per heavy atom. The zero-order valence-corrected chi connectivity index (χ0v) is 38.2. The zero-order valence-electron chi connectivity index (χ0n) is 33.9. The summed E-state index contributed by atoms with van der Waals surface area (Å²) in [5, 5.41) is 15.0. The van der Waals surface area contributed by atoms with Gasteiger partial charge in [-0.25, -0.2) is 4.98 Å². The number of aliphatic hydroxyl groups excluding tert-OH is 1. The van der Waals surface area contributed by atoms with Crippen LogP contribution in [0, 0.1) is 28.7 Å². The van der Waals surface area contributed by atoms with Crippen molar-refractivity contribution in [2.45, 2.75) is 126 Å². The number of allylic oxidation sites excluding steroid dienone is 2. The first-order valence-corrected chi connectivity index (χ1v) is 23.9. The molecule has 5 aromatic rings. The number of hydrogen-bond donors (Lipinski definition) is 1. The van der Waals surface area contributed by atoms with Crippen LogP contribution in [0.5, 0.6) is 0 Å². The molecular weight excluding hydrogens is 865 g/mol. The Kier molecular flexibility index (Phi) is 14.1. The third-order valence-corrected chi connectivity index (χ3v) is 14.4. The van der Waals surface area contributed by atoms with Gasteiger partial charge in [0.05, 0.1) is 19.3 Å². The first-order valence-electron chi connectivity index (χ1n) is 19.6. The van der Waals surface area contributed by atoms with Crippen LogP contribution in [0.2, 0.25) is 19.6 Å². The van der Waals surface area contributed by atoms with Gasteiger partial charge in [0.25, 0.3) is 0 Å². The van der Waals surface area contributed by atoms with Crippen LogP contribution in [0.4, 0.5) is 0 Å². The normalized spacial score (nSPS) is 16.2. The second kappa shape index (κ2) is 17.4. The minimum absolute atomic E-state index is 0. The van der Waals surface area contributed by atoms with Gasteiger partial charge >= 0.3 is 0 Å². The Hall–Kier alpha value is -2.70. The fraction of sp³-hybridized carbons (Fsp3) is 0.500. The molecule has 0 atom stereocenters. The van der Waals surface area contributed by atoms with Gasteiger partial charge in [0, 0.05) is 58.5 Å². The number of hydrogen-bond acceptors (Lipinski definition) is 5. The fourth-order valence-corrected chi connectivity index (χ4v) is 11.7. The minimum Gasteiger partial charge on any atom is -0.512 e. The molecule has 2 heterocycles. The van der Waals surface area contributed by atoms with Crippen LogP contribution in [0.3, 0.4) is 0 Å². The number of aromatic nitrogens is 2. The average molecular weight is 926 g/mol. The third kappa shape index (κ3) is 9.95. The standard InChI is InChI=1S/C33H37N2SSi.C13H24O2.Ir/c1-32(2)17-24(18-33(3,4)19-32)21-12-13-26-27(15-21)36-31-29(34-20-35-30(26)31)23-14-22-10-8-9-11-25(22)28(16-23)37(5,6)7;1-5-10(6-2)12(14)9-13(15)11(7-3)8-4;/h8-13,15-16,20,24H,17-19H2,1-7H3;9-11,14H,5-8H2,1-4H3;/q-1;;/b;12-9-;. The molecule has 0 unspecified atom stereocenters. The van der Waals surface area contributed by atoms with Crippen molar-refractivity contribution in [2.24, 2.45) is 22.7 Å². The van der Waals surface area contributed by atoms with Gasteiger partial charge < -0.3 is 5.11 Å². The molecule has 6 rings (SSSR count). The first kappa shape index (κ1) is 43.0. The zero-order chi connectivity index (χ0) is 38.0. The predicted octanol–water partition coefficient (Wildman–Crippen LogP) is 13.2. The minimum atomic E-state index is -1.57. The van der Waals surface area contributed by atoms with Crippen molar-refractivity contribution in [2.75, 3.05) is 0 Å². The molecular formula is C46H61IrN2O2SSi-. The van der Waals surface area contributed by atoms with Crippen molar-refractivity contribution in [1.82, 2.24) is 9.97 Å². The fourth-order valence-electron chi connectivity index (χ4n) is 8.88. The van der Waals surface area contributed by atoms with Crippen molar-refractivity contribution < 1.29 is 30.0 Å². The molecule has 2 aromatic heterocycles. The van der Waals surface area contributed by atoms with Gasteiger partial charge in [-0.05, 0) is 73.3 Å². The topological polar surface area (TPSA) is 63.1 Å². The summed E-state index contributed by atoms with van der Waals surface area (Å²) in [6.07, 6.45) is 10.4. The van der Waals surface area contributed by atoms with Crippen molar-refractivity contribution in [3.05, 3.63) is 78.3 Å². The van der Waals surface area contributed by atoms with E-state index in [1.165, 1.54) is 61.6 Å². The van der Waals surface area contributed by atoms with Crippen molar-refractivity contribution in [3.8, 4) is 11.3 Å². The van der Waals surface area contributed by atoms with E-state index in [-0.39, 0.29) is 43.5 Å². The molecule has 0 amide bonds. The Balaban J connectivity index is 0.000000335. The number of carbonyl (C=O) groups excluding carboxylic acids is 1. The second-order valence-electron chi connectivity index (χ2n) is 17.8. The average Bonchev–Trinajstić information content (AvgIpc) is 3.45. The molecule has 1 aliphatic rings. The number of rotatable bonds is 10. The summed E-state index contributed by atoms with van der Waals surface area (Å²) < 4.78 is 2.49. The molecule has 1 fully saturated rings. The molecule has 4 nitrogen and oxygen atoms in total. The summed E-state index contributed by atoms with van der Waals surface area (Å²) in [6.45, 7) is 25.1. The molecule has 53 heavy (non-hydrogen) atoms. The van der Waals surface area contributed by atoms with Crippen LogP contribution in [-0.4, -0.2) is 28.9 Å². The summed E-state index contributed by atoms with van der Waals surface area (Å²) in [6, 6.07) is 21.9. The molecule has 287 valence electrons. The van der Waals surface area contributed by atoms with E-state index in [9.17, 15) is 9.90 Å². The van der Waals surface area contributed by atoms with E-state index in [1.54, 1.807) is 6.33 Å². The van der Waals surface area contributed by atoms with Gasteiger partial charge in [-0.2, -0.15) is 0 Å². The van der Waals surface area contributed by atoms with Crippen molar-refractivity contribution in [3.63, 3.8) is 0 Å². The van der Waals surface area contributed by atoms with E-state index >= 15 is 0 Å². The molecule has 0 spiro atoms.